The highest BCUT2D eigenvalue weighted by Crippen LogP contribution is 2.71. The summed E-state index contributed by atoms with van der Waals surface area (Å²) in [6, 6.07) is 4.82. The zero-order chi connectivity index (χ0) is 30.8. The molecular formula is C30H34F2N2O8. The summed E-state index contributed by atoms with van der Waals surface area (Å²) in [7, 11) is 0. The van der Waals surface area contributed by atoms with Crippen molar-refractivity contribution < 1.29 is 43.0 Å². The van der Waals surface area contributed by atoms with Gasteiger partial charge in [-0.05, 0) is 55.9 Å². The molecule has 4 aliphatic rings. The second-order valence-electron chi connectivity index (χ2n) is 12.4. The van der Waals surface area contributed by atoms with Crippen LogP contribution in [0.4, 0.5) is 14.5 Å². The van der Waals surface area contributed by atoms with Gasteiger partial charge in [0.05, 0.1) is 23.2 Å². The van der Waals surface area contributed by atoms with Gasteiger partial charge in [-0.2, -0.15) is 0 Å². The maximum Gasteiger partial charge on any atom is 0.339 e. The van der Waals surface area contributed by atoms with E-state index in [-0.39, 0.29) is 42.6 Å². The second kappa shape index (κ2) is 10.0. The first-order valence-electron chi connectivity index (χ1n) is 14.0. The van der Waals surface area contributed by atoms with E-state index in [0.717, 1.165) is 12.1 Å². The Balaban J connectivity index is 1.62. The van der Waals surface area contributed by atoms with Crippen molar-refractivity contribution in [1.29, 1.82) is 0 Å². The van der Waals surface area contributed by atoms with Crippen LogP contribution in [0.2, 0.25) is 0 Å². The smallest absolute Gasteiger partial charge is 0.339 e. The van der Waals surface area contributed by atoms with Crippen LogP contribution in [0.5, 0.6) is 0 Å². The molecule has 0 bridgehead atoms. The van der Waals surface area contributed by atoms with Crippen molar-refractivity contribution >= 4 is 23.3 Å². The van der Waals surface area contributed by atoms with Crippen molar-refractivity contribution in [3.8, 4) is 0 Å². The van der Waals surface area contributed by atoms with Gasteiger partial charge in [-0.15, -0.1) is 0 Å². The molecule has 1 aromatic carbocycles. The molecule has 10 nitrogen and oxygen atoms in total. The Morgan fingerprint density at radius 3 is 2.62 bits per heavy atom. The summed E-state index contributed by atoms with van der Waals surface area (Å²) in [5, 5.41) is 34.9. The number of aliphatic hydroxyl groups excluding tert-OH is 2. The summed E-state index contributed by atoms with van der Waals surface area (Å²) in [5.41, 5.74) is -8.02. The number of hydrogen-bond acceptors (Lipinski definition) is 8. The maximum atomic E-state index is 17.5. The Kier molecular flexibility index (Phi) is 7.17. The minimum atomic E-state index is -2.40. The molecule has 3 N–H and O–H groups in total. The molecule has 0 unspecified atom stereocenters. The van der Waals surface area contributed by atoms with Crippen molar-refractivity contribution in [2.24, 2.45) is 28.6 Å². The molecule has 1 aromatic rings. The minimum absolute atomic E-state index is 0.0356. The van der Waals surface area contributed by atoms with Crippen LogP contribution in [0.1, 0.15) is 50.4 Å². The van der Waals surface area contributed by atoms with Gasteiger partial charge in [-0.25, -0.2) is 13.6 Å². The molecule has 3 fully saturated rings. The largest absolute Gasteiger partial charge is 0.444 e. The number of esters is 1. The van der Waals surface area contributed by atoms with Crippen LogP contribution in [0.15, 0.2) is 48.1 Å². The fourth-order valence-corrected chi connectivity index (χ4v) is 8.52. The molecular weight excluding hydrogens is 554 g/mol. The highest BCUT2D eigenvalue weighted by molar-refractivity contribution is 6.01. The standard InChI is InChI=1S/C30H34F2N2O8/c1-16-11-20-21-14-23(31)22-13-19(36)7-8-27(22,2)29(21,32)24(37)15-28(20,3)30(16,26(39)33-9-10-35)42-25(38)17-5-4-6-18(12-17)34(40)41/h4-8,12-13,16,20-21,23-24,35,37H,9-11,14-15H2,1-3H3,(H,33,39)/t16-,20+,21+,23+,24+,27+,28+,29+,30+/m1/s1. The Morgan fingerprint density at radius 1 is 1.24 bits per heavy atom. The number of non-ortho nitro benzene ring substituents is 1. The van der Waals surface area contributed by atoms with E-state index in [0.29, 0.717) is 0 Å². The third-order valence-electron chi connectivity index (χ3n) is 10.4. The number of hydrogen-bond donors (Lipinski definition) is 3. The molecule has 42 heavy (non-hydrogen) atoms. The lowest BCUT2D eigenvalue weighted by atomic mass is 9.44. The molecule has 3 saturated carbocycles. The normalized spacial score (nSPS) is 40.3. The monoisotopic (exact) mass is 588 g/mol. The number of halogens is 2. The number of nitro benzene ring substituents is 1. The Hall–Kier alpha value is -3.51. The molecule has 0 spiro atoms. The van der Waals surface area contributed by atoms with Gasteiger partial charge in [-0.1, -0.05) is 26.0 Å². The number of benzene rings is 1. The first-order valence-corrected chi connectivity index (χ1v) is 14.0. The Bertz CT molecular complexity index is 1420. The number of aliphatic hydroxyl groups is 2. The molecule has 5 rings (SSSR count). The van der Waals surface area contributed by atoms with Gasteiger partial charge >= 0.3 is 5.97 Å². The van der Waals surface area contributed by atoms with Gasteiger partial charge in [0.25, 0.3) is 11.6 Å². The third-order valence-corrected chi connectivity index (χ3v) is 10.4. The summed E-state index contributed by atoms with van der Waals surface area (Å²) in [5.74, 6) is -4.89. The van der Waals surface area contributed by atoms with E-state index >= 15 is 8.78 Å². The number of nitrogens with one attached hydrogen (secondary N) is 1. The van der Waals surface area contributed by atoms with E-state index < -0.39 is 81.3 Å². The molecule has 0 radical (unpaired) electrons. The molecule has 12 heteroatoms. The number of rotatable bonds is 6. The van der Waals surface area contributed by atoms with Crippen molar-refractivity contribution in [1.82, 2.24) is 5.32 Å². The number of ketones is 1. The van der Waals surface area contributed by atoms with E-state index in [2.05, 4.69) is 5.32 Å². The molecule has 1 amide bonds. The Morgan fingerprint density at radius 2 is 1.95 bits per heavy atom. The number of amides is 1. The van der Waals surface area contributed by atoms with Gasteiger partial charge in [-0.3, -0.25) is 19.7 Å². The number of ether oxygens (including phenoxy) is 1. The number of carbonyl (C=O) groups excluding carboxylic acids is 3. The summed E-state index contributed by atoms with van der Waals surface area (Å²) >= 11 is 0. The molecule has 0 heterocycles. The summed E-state index contributed by atoms with van der Waals surface area (Å²) in [6.45, 7) is 4.13. The maximum absolute atomic E-state index is 17.5. The van der Waals surface area contributed by atoms with E-state index in [4.69, 9.17) is 4.74 Å². The molecule has 9 atom stereocenters. The summed E-state index contributed by atoms with van der Waals surface area (Å²) < 4.78 is 39.4. The van der Waals surface area contributed by atoms with E-state index in [9.17, 15) is 34.7 Å². The predicted octanol–water partition coefficient (Wildman–Crippen LogP) is 3.16. The van der Waals surface area contributed by atoms with Crippen LogP contribution in [-0.2, 0) is 14.3 Å². The lowest BCUT2D eigenvalue weighted by Crippen LogP contribution is -2.71. The fraction of sp³-hybridized carbons (Fsp3) is 0.567. The van der Waals surface area contributed by atoms with E-state index in [1.165, 1.54) is 37.3 Å². The highest BCUT2D eigenvalue weighted by atomic mass is 19.1. The first kappa shape index (κ1) is 30.0. The van der Waals surface area contributed by atoms with Gasteiger partial charge in [0.15, 0.2) is 17.1 Å². The number of allylic oxidation sites excluding steroid dienone is 4. The SMILES string of the molecule is C[C@@H]1C[C@H]2[C@@H]3C[C@H](F)C4=CC(=O)C=C[C@]4(C)[C@@]3(F)[C@@H](O)C[C@]2(C)[C@@]1(OC(=O)c1cccc([N+](=O)[O-])c1)C(=O)NCCO. The first-order chi connectivity index (χ1) is 19.7. The Labute approximate surface area is 241 Å². The van der Waals surface area contributed by atoms with Gasteiger partial charge < -0.3 is 20.3 Å². The number of alkyl halides is 2. The zero-order valence-electron chi connectivity index (χ0n) is 23.5. The predicted molar refractivity (Wildman–Crippen MR) is 145 cm³/mol. The number of nitrogens with zero attached hydrogens (tertiary/aromatic N) is 1. The zero-order valence-corrected chi connectivity index (χ0v) is 23.5. The molecule has 226 valence electrons. The highest BCUT2D eigenvalue weighted by Gasteiger charge is 2.78. The van der Waals surface area contributed by atoms with E-state index in [1.54, 1.807) is 13.8 Å². The van der Waals surface area contributed by atoms with Crippen molar-refractivity contribution in [2.45, 2.75) is 63.6 Å². The van der Waals surface area contributed by atoms with Gasteiger partial charge in [0, 0.05) is 41.3 Å². The molecule has 4 aliphatic carbocycles. The van der Waals surface area contributed by atoms with Crippen molar-refractivity contribution in [3.63, 3.8) is 0 Å². The number of carbonyl (C=O) groups is 3. The van der Waals surface area contributed by atoms with Crippen LogP contribution in [0, 0.1) is 38.7 Å². The van der Waals surface area contributed by atoms with Crippen LogP contribution in [0.25, 0.3) is 0 Å². The minimum Gasteiger partial charge on any atom is -0.444 e. The van der Waals surface area contributed by atoms with Crippen LogP contribution in [0.3, 0.4) is 0 Å². The van der Waals surface area contributed by atoms with Crippen molar-refractivity contribution in [2.75, 3.05) is 13.2 Å². The lowest BCUT2D eigenvalue weighted by Gasteiger charge is -2.63. The molecule has 0 aliphatic heterocycles. The number of nitro groups is 1. The number of fused-ring (bicyclic) bond motifs is 5. The average Bonchev–Trinajstić information content (AvgIpc) is 3.16. The topological polar surface area (TPSA) is 156 Å². The average molecular weight is 589 g/mol. The van der Waals surface area contributed by atoms with E-state index in [1.807, 2.05) is 0 Å². The van der Waals surface area contributed by atoms with Crippen LogP contribution < -0.4 is 5.32 Å². The second-order valence-corrected chi connectivity index (χ2v) is 12.4. The lowest BCUT2D eigenvalue weighted by molar-refractivity contribution is -0.384. The third kappa shape index (κ3) is 3.90. The fourth-order valence-electron chi connectivity index (χ4n) is 8.52. The molecule has 0 saturated heterocycles. The van der Waals surface area contributed by atoms with Crippen LogP contribution >= 0.6 is 0 Å². The summed E-state index contributed by atoms with van der Waals surface area (Å²) in [6.07, 6.45) is -0.404. The quantitative estimate of drug-likeness (QED) is 0.260. The summed E-state index contributed by atoms with van der Waals surface area (Å²) in [4.78, 5) is 50.2. The van der Waals surface area contributed by atoms with Gasteiger partial charge in [0.2, 0.25) is 0 Å². The molecule has 0 aromatic heterocycles. The van der Waals surface area contributed by atoms with Crippen LogP contribution in [-0.4, -0.2) is 69.5 Å². The van der Waals surface area contributed by atoms with Gasteiger partial charge in [0.1, 0.15) is 6.17 Å². The van der Waals surface area contributed by atoms with Crippen molar-refractivity contribution in [3.05, 3.63) is 63.7 Å².